The van der Waals surface area contributed by atoms with E-state index in [2.05, 4.69) is 25.3 Å². The molecule has 5 rings (SSSR count). The summed E-state index contributed by atoms with van der Waals surface area (Å²) in [5, 5.41) is 15.2. The van der Waals surface area contributed by atoms with Gasteiger partial charge in [0.2, 0.25) is 0 Å². The Morgan fingerprint density at radius 2 is 2.00 bits per heavy atom. The predicted octanol–water partition coefficient (Wildman–Crippen LogP) is 2.96. The smallest absolute Gasteiger partial charge is 0.420 e. The quantitative estimate of drug-likeness (QED) is 0.384. The van der Waals surface area contributed by atoms with Crippen LogP contribution in [0.5, 0.6) is 5.75 Å². The van der Waals surface area contributed by atoms with Crippen LogP contribution in [-0.2, 0) is 6.42 Å². The minimum atomic E-state index is -3.83. The molecule has 2 aliphatic heterocycles. The summed E-state index contributed by atoms with van der Waals surface area (Å²) in [5.41, 5.74) is -0.649. The number of hydrogen-bond donors (Lipinski definition) is 4. The van der Waals surface area contributed by atoms with E-state index in [1.807, 2.05) is 11.0 Å². The van der Waals surface area contributed by atoms with Gasteiger partial charge in [-0.2, -0.15) is 0 Å². The lowest BCUT2D eigenvalue weighted by atomic mass is 10.0. The van der Waals surface area contributed by atoms with Crippen LogP contribution in [0.25, 0.3) is 11.3 Å². The first-order chi connectivity index (χ1) is 16.7. The number of anilines is 2. The van der Waals surface area contributed by atoms with E-state index in [0.717, 1.165) is 5.56 Å². The van der Waals surface area contributed by atoms with Gasteiger partial charge in [-0.1, -0.05) is 0 Å². The number of ether oxygens (including phenoxy) is 1. The van der Waals surface area contributed by atoms with E-state index in [4.69, 9.17) is 11.6 Å². The number of halogens is 3. The number of carbonyl (C=O) groups is 2. The SMILES string of the molecule is O=C(Nc1ccc(OC(F)(F)Cl)cc1)c1cnc(N2CC(O)C2)c(-c2cc3c([nH]2)C(=O)NCC3)c1. The average molecular weight is 504 g/mol. The van der Waals surface area contributed by atoms with Gasteiger partial charge in [-0.15, -0.1) is 8.78 Å². The van der Waals surface area contributed by atoms with E-state index >= 15 is 0 Å². The third kappa shape index (κ3) is 4.91. The van der Waals surface area contributed by atoms with E-state index in [9.17, 15) is 23.5 Å². The third-order valence-electron chi connectivity index (χ3n) is 5.73. The van der Waals surface area contributed by atoms with Crippen LogP contribution in [0, 0.1) is 0 Å². The van der Waals surface area contributed by atoms with E-state index in [1.165, 1.54) is 30.5 Å². The minimum Gasteiger partial charge on any atom is -0.420 e. The summed E-state index contributed by atoms with van der Waals surface area (Å²) >= 11 is 4.76. The van der Waals surface area contributed by atoms with Gasteiger partial charge in [0, 0.05) is 48.7 Å². The maximum absolute atomic E-state index is 12.9. The van der Waals surface area contributed by atoms with Crippen molar-refractivity contribution < 1.29 is 28.2 Å². The number of alkyl halides is 3. The monoisotopic (exact) mass is 503 g/mol. The topological polar surface area (TPSA) is 120 Å². The first kappa shape index (κ1) is 23.1. The number of amides is 2. The summed E-state index contributed by atoms with van der Waals surface area (Å²) < 4.78 is 29.8. The van der Waals surface area contributed by atoms with Gasteiger partial charge in [0.05, 0.1) is 17.4 Å². The fraction of sp³-hybridized carbons (Fsp3) is 0.261. The third-order valence-corrected chi connectivity index (χ3v) is 5.81. The molecule has 182 valence electrons. The average Bonchev–Trinajstić information content (AvgIpc) is 3.23. The largest absolute Gasteiger partial charge is 0.487 e. The fourth-order valence-electron chi connectivity index (χ4n) is 4.04. The number of β-amino-alcohol motifs (C(OH)–C–C–N with tert-alkyl or cyclic N) is 1. The van der Waals surface area contributed by atoms with E-state index in [1.54, 1.807) is 6.07 Å². The molecule has 35 heavy (non-hydrogen) atoms. The van der Waals surface area contributed by atoms with Crippen LogP contribution in [0.4, 0.5) is 20.3 Å². The van der Waals surface area contributed by atoms with Gasteiger partial charge in [0.25, 0.3) is 11.8 Å². The number of hydrogen-bond acceptors (Lipinski definition) is 6. The number of carbonyl (C=O) groups excluding carboxylic acids is 2. The lowest BCUT2D eigenvalue weighted by molar-refractivity contribution is -0.0964. The summed E-state index contributed by atoms with van der Waals surface area (Å²) in [4.78, 5) is 34.6. The van der Waals surface area contributed by atoms with Crippen LogP contribution >= 0.6 is 11.6 Å². The number of aliphatic hydroxyl groups excluding tert-OH is 1. The molecule has 0 spiro atoms. The Balaban J connectivity index is 1.42. The van der Waals surface area contributed by atoms with Crippen molar-refractivity contribution in [1.82, 2.24) is 15.3 Å². The Morgan fingerprint density at radius 1 is 1.26 bits per heavy atom. The van der Waals surface area contributed by atoms with Crippen molar-refractivity contribution in [2.24, 2.45) is 0 Å². The normalized spacial score (nSPS) is 15.8. The van der Waals surface area contributed by atoms with Gasteiger partial charge >= 0.3 is 5.57 Å². The minimum absolute atomic E-state index is 0.159. The number of benzene rings is 1. The summed E-state index contributed by atoms with van der Waals surface area (Å²) in [6.45, 7) is 1.35. The number of aliphatic hydroxyl groups is 1. The van der Waals surface area contributed by atoms with Gasteiger partial charge in [-0.05, 0) is 48.4 Å². The molecule has 1 aromatic carbocycles. The predicted molar refractivity (Wildman–Crippen MR) is 124 cm³/mol. The highest BCUT2D eigenvalue weighted by Gasteiger charge is 2.30. The number of aromatic nitrogens is 2. The lowest BCUT2D eigenvalue weighted by Crippen LogP contribution is -2.51. The Bertz CT molecular complexity index is 1290. The summed E-state index contributed by atoms with van der Waals surface area (Å²) in [6.07, 6.45) is 1.64. The molecule has 2 amide bonds. The second-order valence-electron chi connectivity index (χ2n) is 8.27. The first-order valence-corrected chi connectivity index (χ1v) is 11.1. The maximum atomic E-state index is 12.9. The molecule has 0 radical (unpaired) electrons. The summed E-state index contributed by atoms with van der Waals surface area (Å²) in [6, 6.07) is 8.83. The number of rotatable bonds is 6. The standard InChI is InChI=1S/C23H20ClF2N5O4/c24-23(25,26)35-16-3-1-14(2-4-16)29-21(33)13-7-17(20(28-9-13)31-10-15(32)11-31)18-8-12-5-6-27-22(34)19(12)30-18/h1-4,7-9,15,30,32H,5-6,10-11H2,(H,27,34)(H,29,33). The fourth-order valence-corrected chi connectivity index (χ4v) is 4.13. The number of nitrogens with one attached hydrogen (secondary N) is 3. The van der Waals surface area contributed by atoms with Crippen LogP contribution in [0.1, 0.15) is 26.4 Å². The Labute approximate surface area is 203 Å². The van der Waals surface area contributed by atoms with E-state index in [0.29, 0.717) is 54.5 Å². The van der Waals surface area contributed by atoms with Gasteiger partial charge in [0.1, 0.15) is 17.3 Å². The number of aromatic amines is 1. The molecule has 4 heterocycles. The zero-order valence-electron chi connectivity index (χ0n) is 18.1. The number of fused-ring (bicyclic) bond motifs is 1. The van der Waals surface area contributed by atoms with Crippen molar-refractivity contribution in [1.29, 1.82) is 0 Å². The second kappa shape index (κ2) is 8.82. The molecule has 0 atom stereocenters. The molecule has 4 N–H and O–H groups in total. The second-order valence-corrected chi connectivity index (χ2v) is 8.71. The van der Waals surface area contributed by atoms with Crippen LogP contribution in [0.2, 0.25) is 0 Å². The van der Waals surface area contributed by atoms with E-state index in [-0.39, 0.29) is 17.2 Å². The molecular weight excluding hydrogens is 484 g/mol. The molecule has 0 unspecified atom stereocenters. The lowest BCUT2D eigenvalue weighted by Gasteiger charge is -2.37. The number of H-pyrrole nitrogens is 1. The van der Waals surface area contributed by atoms with Gasteiger partial charge in [0.15, 0.2) is 0 Å². The number of pyridine rings is 1. The zero-order chi connectivity index (χ0) is 24.7. The van der Waals surface area contributed by atoms with Crippen LogP contribution in [-0.4, -0.2) is 58.2 Å². The molecular formula is C23H20ClF2N5O4. The molecule has 9 nitrogen and oxygen atoms in total. The van der Waals surface area contributed by atoms with E-state index < -0.39 is 17.6 Å². The van der Waals surface area contributed by atoms with Crippen molar-refractivity contribution in [3.8, 4) is 17.0 Å². The molecule has 12 heteroatoms. The van der Waals surface area contributed by atoms with Gasteiger partial charge in [-0.3, -0.25) is 9.59 Å². The maximum Gasteiger partial charge on any atom is 0.487 e. The number of nitrogens with zero attached hydrogens (tertiary/aromatic N) is 2. The van der Waals surface area contributed by atoms with Crippen LogP contribution in [0.3, 0.4) is 0 Å². The molecule has 2 aromatic heterocycles. The van der Waals surface area contributed by atoms with Crippen LogP contribution < -0.4 is 20.3 Å². The highest BCUT2D eigenvalue weighted by atomic mass is 35.5. The van der Waals surface area contributed by atoms with Gasteiger partial charge in [-0.25, -0.2) is 4.98 Å². The van der Waals surface area contributed by atoms with Gasteiger partial charge < -0.3 is 30.4 Å². The molecule has 3 aromatic rings. The highest BCUT2D eigenvalue weighted by Crippen LogP contribution is 2.34. The zero-order valence-corrected chi connectivity index (χ0v) is 18.9. The van der Waals surface area contributed by atoms with Crippen molar-refractivity contribution >= 4 is 34.9 Å². The molecule has 0 aliphatic carbocycles. The van der Waals surface area contributed by atoms with Crippen LogP contribution in [0.15, 0.2) is 42.6 Å². The van der Waals surface area contributed by atoms with Crippen molar-refractivity contribution in [3.05, 3.63) is 59.4 Å². The Hall–Kier alpha value is -3.70. The van der Waals surface area contributed by atoms with Crippen molar-refractivity contribution in [3.63, 3.8) is 0 Å². The molecule has 0 saturated carbocycles. The van der Waals surface area contributed by atoms with Crippen molar-refractivity contribution in [2.45, 2.75) is 18.1 Å². The molecule has 1 saturated heterocycles. The summed E-state index contributed by atoms with van der Waals surface area (Å²) in [5.74, 6) is -0.249. The Kier molecular flexibility index (Phi) is 5.81. The summed E-state index contributed by atoms with van der Waals surface area (Å²) in [7, 11) is 0. The molecule has 0 bridgehead atoms. The molecule has 1 fully saturated rings. The Morgan fingerprint density at radius 3 is 2.66 bits per heavy atom. The first-order valence-electron chi connectivity index (χ1n) is 10.8. The highest BCUT2D eigenvalue weighted by molar-refractivity contribution is 6.20. The molecule has 2 aliphatic rings. The van der Waals surface area contributed by atoms with Crippen molar-refractivity contribution in [2.75, 3.05) is 29.9 Å².